The van der Waals surface area contributed by atoms with Gasteiger partial charge in [-0.15, -0.1) is 0 Å². The molecule has 0 saturated carbocycles. The standard InChI is InChI=1S/C19H18N4O5/c1-22-16(12-4-3-5-14(6-12)26-2)10-21-19(22)20-9-13-7-17-18(28-11-27-17)8-15(13)23(24)25/h3-8,10H,9,11H2,1-2H3,(H,20,21). The molecule has 2 heterocycles. The van der Waals surface area contributed by atoms with E-state index >= 15 is 0 Å². The first-order valence-corrected chi connectivity index (χ1v) is 8.53. The fourth-order valence-corrected chi connectivity index (χ4v) is 3.08. The molecule has 0 saturated heterocycles. The van der Waals surface area contributed by atoms with E-state index in [-0.39, 0.29) is 19.0 Å². The van der Waals surface area contributed by atoms with E-state index in [4.69, 9.17) is 14.2 Å². The largest absolute Gasteiger partial charge is 0.497 e. The van der Waals surface area contributed by atoms with Crippen molar-refractivity contribution >= 4 is 11.6 Å². The molecule has 1 aromatic heterocycles. The number of aromatic nitrogens is 2. The third-order valence-electron chi connectivity index (χ3n) is 4.56. The van der Waals surface area contributed by atoms with Crippen molar-refractivity contribution in [3.05, 3.63) is 58.3 Å². The van der Waals surface area contributed by atoms with E-state index < -0.39 is 4.92 Å². The smallest absolute Gasteiger partial charge is 0.278 e. The van der Waals surface area contributed by atoms with Crippen molar-refractivity contribution in [1.82, 2.24) is 9.55 Å². The van der Waals surface area contributed by atoms with Crippen LogP contribution < -0.4 is 19.5 Å². The van der Waals surface area contributed by atoms with Crippen LogP contribution in [-0.4, -0.2) is 28.4 Å². The van der Waals surface area contributed by atoms with Crippen molar-refractivity contribution in [3.63, 3.8) is 0 Å². The minimum absolute atomic E-state index is 0.0287. The third-order valence-corrected chi connectivity index (χ3v) is 4.56. The predicted octanol–water partition coefficient (Wildman–Crippen LogP) is 3.34. The number of rotatable bonds is 6. The molecule has 4 rings (SSSR count). The van der Waals surface area contributed by atoms with E-state index in [1.54, 1.807) is 19.4 Å². The lowest BCUT2D eigenvalue weighted by Gasteiger charge is -2.10. The third kappa shape index (κ3) is 3.18. The van der Waals surface area contributed by atoms with Crippen molar-refractivity contribution in [2.45, 2.75) is 6.54 Å². The molecule has 3 aromatic rings. The summed E-state index contributed by atoms with van der Waals surface area (Å²) in [5.74, 6) is 2.22. The van der Waals surface area contributed by atoms with Crippen LogP contribution in [0, 0.1) is 10.1 Å². The lowest BCUT2D eigenvalue weighted by atomic mass is 10.1. The van der Waals surface area contributed by atoms with E-state index in [2.05, 4.69) is 10.3 Å². The van der Waals surface area contributed by atoms with Crippen LogP contribution >= 0.6 is 0 Å². The van der Waals surface area contributed by atoms with Gasteiger partial charge in [0, 0.05) is 19.2 Å². The molecule has 9 heteroatoms. The molecule has 0 fully saturated rings. The van der Waals surface area contributed by atoms with Crippen molar-refractivity contribution in [2.24, 2.45) is 7.05 Å². The zero-order valence-electron chi connectivity index (χ0n) is 15.3. The Bertz CT molecular complexity index is 1050. The van der Waals surface area contributed by atoms with Gasteiger partial charge in [-0.05, 0) is 18.2 Å². The van der Waals surface area contributed by atoms with E-state index in [0.717, 1.165) is 17.0 Å². The van der Waals surface area contributed by atoms with Gasteiger partial charge < -0.3 is 24.1 Å². The second-order valence-electron chi connectivity index (χ2n) is 6.20. The van der Waals surface area contributed by atoms with Crippen molar-refractivity contribution in [1.29, 1.82) is 0 Å². The summed E-state index contributed by atoms with van der Waals surface area (Å²) in [7, 11) is 3.49. The van der Waals surface area contributed by atoms with E-state index in [1.165, 1.54) is 6.07 Å². The molecule has 28 heavy (non-hydrogen) atoms. The fraction of sp³-hybridized carbons (Fsp3) is 0.211. The number of nitrogens with zero attached hydrogens (tertiary/aromatic N) is 3. The maximum Gasteiger partial charge on any atom is 0.278 e. The second kappa shape index (κ2) is 7.10. The molecular weight excluding hydrogens is 364 g/mol. The average Bonchev–Trinajstić information content (AvgIpc) is 3.31. The molecule has 2 aromatic carbocycles. The van der Waals surface area contributed by atoms with Crippen molar-refractivity contribution in [3.8, 4) is 28.5 Å². The molecule has 0 amide bonds. The average molecular weight is 382 g/mol. The number of hydrogen-bond acceptors (Lipinski definition) is 7. The maximum atomic E-state index is 11.4. The molecule has 0 atom stereocenters. The number of imidazole rings is 1. The zero-order chi connectivity index (χ0) is 19.7. The van der Waals surface area contributed by atoms with Crippen LogP contribution in [0.15, 0.2) is 42.6 Å². The van der Waals surface area contributed by atoms with Gasteiger partial charge in [0.25, 0.3) is 5.69 Å². The minimum Gasteiger partial charge on any atom is -0.497 e. The number of ether oxygens (including phenoxy) is 3. The molecule has 0 aliphatic carbocycles. The first-order valence-electron chi connectivity index (χ1n) is 8.53. The Labute approximate surface area is 160 Å². The summed E-state index contributed by atoms with van der Waals surface area (Å²) < 4.78 is 17.7. The van der Waals surface area contributed by atoms with Crippen LogP contribution in [0.25, 0.3) is 11.3 Å². The highest BCUT2D eigenvalue weighted by molar-refractivity contribution is 5.63. The van der Waals surface area contributed by atoms with Gasteiger partial charge >= 0.3 is 0 Å². The van der Waals surface area contributed by atoms with Gasteiger partial charge in [0.1, 0.15) is 5.75 Å². The molecule has 1 N–H and O–H groups in total. The van der Waals surface area contributed by atoms with Crippen LogP contribution in [-0.2, 0) is 13.6 Å². The zero-order valence-corrected chi connectivity index (χ0v) is 15.3. The molecule has 144 valence electrons. The number of nitro groups is 1. The summed E-state index contributed by atoms with van der Waals surface area (Å²) in [6.45, 7) is 0.280. The van der Waals surface area contributed by atoms with Crippen LogP contribution in [0.3, 0.4) is 0 Å². The van der Waals surface area contributed by atoms with Gasteiger partial charge in [-0.1, -0.05) is 12.1 Å². The molecule has 1 aliphatic rings. The second-order valence-corrected chi connectivity index (χ2v) is 6.20. The van der Waals surface area contributed by atoms with E-state index in [0.29, 0.717) is 23.0 Å². The minimum atomic E-state index is -0.431. The molecule has 9 nitrogen and oxygen atoms in total. The highest BCUT2D eigenvalue weighted by Gasteiger charge is 2.23. The summed E-state index contributed by atoms with van der Waals surface area (Å²) in [4.78, 5) is 15.4. The number of hydrogen-bond donors (Lipinski definition) is 1. The molecule has 0 unspecified atom stereocenters. The van der Waals surface area contributed by atoms with Gasteiger partial charge in [0.2, 0.25) is 12.7 Å². The molecule has 0 bridgehead atoms. The Hall–Kier alpha value is -3.75. The van der Waals surface area contributed by atoms with Gasteiger partial charge in [0.05, 0.1) is 35.6 Å². The molecule has 0 spiro atoms. The van der Waals surface area contributed by atoms with Crippen LogP contribution in [0.4, 0.5) is 11.6 Å². The quantitative estimate of drug-likeness (QED) is 0.515. The van der Waals surface area contributed by atoms with E-state index in [9.17, 15) is 10.1 Å². The fourth-order valence-electron chi connectivity index (χ4n) is 3.08. The van der Waals surface area contributed by atoms with Crippen molar-refractivity contribution in [2.75, 3.05) is 19.2 Å². The summed E-state index contributed by atoms with van der Waals surface area (Å²) >= 11 is 0. The Morgan fingerprint density at radius 2 is 2.07 bits per heavy atom. The van der Waals surface area contributed by atoms with E-state index in [1.807, 2.05) is 35.9 Å². The lowest BCUT2D eigenvalue weighted by molar-refractivity contribution is -0.385. The van der Waals surface area contributed by atoms with Gasteiger partial charge in [0.15, 0.2) is 11.5 Å². The van der Waals surface area contributed by atoms with Gasteiger partial charge in [-0.25, -0.2) is 4.98 Å². The van der Waals surface area contributed by atoms with Crippen LogP contribution in [0.5, 0.6) is 17.2 Å². The number of anilines is 1. The predicted molar refractivity (Wildman–Crippen MR) is 102 cm³/mol. The maximum absolute atomic E-state index is 11.4. The number of fused-ring (bicyclic) bond motifs is 1. The molecule has 0 radical (unpaired) electrons. The highest BCUT2D eigenvalue weighted by Crippen LogP contribution is 2.38. The summed E-state index contributed by atoms with van der Waals surface area (Å²) in [6, 6.07) is 10.7. The Kier molecular flexibility index (Phi) is 4.48. The normalized spacial score (nSPS) is 12.1. The van der Waals surface area contributed by atoms with Gasteiger partial charge in [-0.3, -0.25) is 10.1 Å². The SMILES string of the molecule is COc1cccc(-c2cnc(NCc3cc4c(cc3[N+](=O)[O-])OCO4)n2C)c1. The number of benzene rings is 2. The summed E-state index contributed by atoms with van der Waals surface area (Å²) in [6.07, 6.45) is 1.74. The Morgan fingerprint density at radius 3 is 2.82 bits per heavy atom. The molecule has 1 aliphatic heterocycles. The highest BCUT2D eigenvalue weighted by atomic mass is 16.7. The summed E-state index contributed by atoms with van der Waals surface area (Å²) in [5.41, 5.74) is 2.30. The van der Waals surface area contributed by atoms with Crippen LogP contribution in [0.1, 0.15) is 5.56 Å². The Balaban J connectivity index is 1.58. The number of methoxy groups -OCH3 is 1. The topological polar surface area (TPSA) is 101 Å². The molecular formula is C19H18N4O5. The monoisotopic (exact) mass is 382 g/mol. The van der Waals surface area contributed by atoms with Crippen molar-refractivity contribution < 1.29 is 19.1 Å². The lowest BCUT2D eigenvalue weighted by Crippen LogP contribution is -2.07. The summed E-state index contributed by atoms with van der Waals surface area (Å²) in [5, 5.41) is 14.6. The first-order chi connectivity index (χ1) is 13.6. The number of nitro benzene ring substituents is 1. The Morgan fingerprint density at radius 1 is 1.29 bits per heavy atom. The van der Waals surface area contributed by atoms with Crippen LogP contribution in [0.2, 0.25) is 0 Å². The van der Waals surface area contributed by atoms with Gasteiger partial charge in [-0.2, -0.15) is 0 Å². The number of nitrogens with one attached hydrogen (secondary N) is 1. The first kappa shape index (κ1) is 17.7.